The molecule has 1 aromatic carbocycles. The van der Waals surface area contributed by atoms with Crippen molar-refractivity contribution in [1.82, 2.24) is 15.6 Å². The van der Waals surface area contributed by atoms with Crippen molar-refractivity contribution in [2.24, 2.45) is 5.92 Å². The lowest BCUT2D eigenvalue weighted by Crippen LogP contribution is -2.50. The maximum absolute atomic E-state index is 12.7. The van der Waals surface area contributed by atoms with Gasteiger partial charge >= 0.3 is 0 Å². The number of para-hydroxylation sites is 1. The Kier molecular flexibility index (Phi) is 8.23. The van der Waals surface area contributed by atoms with Gasteiger partial charge < -0.3 is 25.0 Å². The van der Waals surface area contributed by atoms with Crippen LogP contribution in [-0.2, 0) is 20.9 Å². The minimum Gasteiger partial charge on any atom is -0.484 e. The van der Waals surface area contributed by atoms with Gasteiger partial charge in [0.2, 0.25) is 5.91 Å². The number of morpholine rings is 1. The van der Waals surface area contributed by atoms with E-state index < -0.39 is 6.04 Å². The van der Waals surface area contributed by atoms with Crippen LogP contribution >= 0.6 is 0 Å². The minimum absolute atomic E-state index is 0.0676. The number of anilines is 1. The number of hydrogen-bond donors (Lipinski definition) is 2. The Hall–Kier alpha value is -3.13. The lowest BCUT2D eigenvalue weighted by atomic mass is 10.0. The maximum atomic E-state index is 12.7. The number of benzene rings is 1. The van der Waals surface area contributed by atoms with Gasteiger partial charge in [-0.15, -0.1) is 0 Å². The molecule has 2 aromatic rings. The van der Waals surface area contributed by atoms with Gasteiger partial charge in [0.15, 0.2) is 6.61 Å². The number of hydrogen-bond acceptors (Lipinski definition) is 6. The molecule has 8 heteroatoms. The number of rotatable bonds is 9. The molecule has 1 aromatic heterocycles. The second-order valence-corrected chi connectivity index (χ2v) is 7.73. The van der Waals surface area contributed by atoms with Crippen LogP contribution in [0.3, 0.4) is 0 Å². The average Bonchev–Trinajstić information content (AvgIpc) is 2.81. The fourth-order valence-electron chi connectivity index (χ4n) is 3.25. The molecule has 0 aliphatic carbocycles. The molecule has 0 bridgehead atoms. The molecular formula is C23H30N4O4. The molecule has 2 heterocycles. The molecule has 1 aliphatic heterocycles. The molecule has 31 heavy (non-hydrogen) atoms. The molecule has 1 aliphatic rings. The van der Waals surface area contributed by atoms with E-state index in [2.05, 4.69) is 20.5 Å². The van der Waals surface area contributed by atoms with Crippen molar-refractivity contribution in [3.63, 3.8) is 0 Å². The number of nitrogens with one attached hydrogen (secondary N) is 2. The molecule has 0 spiro atoms. The van der Waals surface area contributed by atoms with E-state index in [1.807, 2.05) is 44.2 Å². The lowest BCUT2D eigenvalue weighted by Gasteiger charge is -2.28. The zero-order chi connectivity index (χ0) is 22.1. The van der Waals surface area contributed by atoms with Crippen molar-refractivity contribution in [3.05, 3.63) is 54.2 Å². The van der Waals surface area contributed by atoms with Gasteiger partial charge in [-0.25, -0.2) is 4.98 Å². The monoisotopic (exact) mass is 426 g/mol. The first-order chi connectivity index (χ1) is 15.0. The molecule has 3 rings (SSSR count). The molecule has 1 fully saturated rings. The van der Waals surface area contributed by atoms with Crippen LogP contribution in [0.2, 0.25) is 0 Å². The van der Waals surface area contributed by atoms with Gasteiger partial charge in [0.25, 0.3) is 5.91 Å². The average molecular weight is 427 g/mol. The number of nitrogens with zero attached hydrogens (tertiary/aromatic N) is 2. The molecule has 2 N–H and O–H groups in total. The van der Waals surface area contributed by atoms with E-state index in [4.69, 9.17) is 9.47 Å². The van der Waals surface area contributed by atoms with Crippen molar-refractivity contribution in [3.8, 4) is 5.75 Å². The third-order valence-corrected chi connectivity index (χ3v) is 4.99. The molecular weight excluding hydrogens is 396 g/mol. The SMILES string of the molecule is CC(C)C(NC(=O)COc1ccccc1)C(=O)NCc1ccnc(N2CCOCC2)c1. The van der Waals surface area contributed by atoms with Gasteiger partial charge in [-0.1, -0.05) is 32.0 Å². The maximum Gasteiger partial charge on any atom is 0.258 e. The zero-order valence-corrected chi connectivity index (χ0v) is 18.0. The number of aromatic nitrogens is 1. The topological polar surface area (TPSA) is 92.8 Å². The summed E-state index contributed by atoms with van der Waals surface area (Å²) in [5.74, 6) is 0.852. The Morgan fingerprint density at radius 1 is 1.16 bits per heavy atom. The second-order valence-electron chi connectivity index (χ2n) is 7.73. The summed E-state index contributed by atoms with van der Waals surface area (Å²) >= 11 is 0. The molecule has 0 saturated carbocycles. The second kappa shape index (κ2) is 11.3. The predicted octanol–water partition coefficient (Wildman–Crippen LogP) is 1.75. The van der Waals surface area contributed by atoms with Crippen LogP contribution in [0.25, 0.3) is 0 Å². The highest BCUT2D eigenvalue weighted by Crippen LogP contribution is 2.14. The van der Waals surface area contributed by atoms with E-state index in [-0.39, 0.29) is 24.3 Å². The summed E-state index contributed by atoms with van der Waals surface area (Å²) in [6, 6.07) is 12.3. The Morgan fingerprint density at radius 2 is 1.90 bits per heavy atom. The summed E-state index contributed by atoms with van der Waals surface area (Å²) in [6.07, 6.45) is 1.74. The standard InChI is InChI=1S/C23H30N4O4/c1-17(2)22(26-21(28)16-31-19-6-4-3-5-7-19)23(29)25-15-18-8-9-24-20(14-18)27-10-12-30-13-11-27/h3-9,14,17,22H,10-13,15-16H2,1-2H3,(H,25,29)(H,26,28). The van der Waals surface area contributed by atoms with Gasteiger partial charge in [0.1, 0.15) is 17.6 Å². The number of ether oxygens (including phenoxy) is 2. The highest BCUT2D eigenvalue weighted by molar-refractivity contribution is 5.88. The molecule has 1 saturated heterocycles. The first kappa shape index (κ1) is 22.6. The Morgan fingerprint density at radius 3 is 2.61 bits per heavy atom. The summed E-state index contributed by atoms with van der Waals surface area (Å²) in [7, 11) is 0. The van der Waals surface area contributed by atoms with E-state index >= 15 is 0 Å². The van der Waals surface area contributed by atoms with E-state index in [1.54, 1.807) is 18.3 Å². The summed E-state index contributed by atoms with van der Waals surface area (Å²) in [6.45, 7) is 6.98. The van der Waals surface area contributed by atoms with E-state index in [0.717, 1.165) is 24.5 Å². The number of amides is 2. The van der Waals surface area contributed by atoms with Crippen molar-refractivity contribution in [2.45, 2.75) is 26.4 Å². The first-order valence-corrected chi connectivity index (χ1v) is 10.6. The Balaban J connectivity index is 1.51. The predicted molar refractivity (Wildman–Crippen MR) is 118 cm³/mol. The van der Waals surface area contributed by atoms with Crippen LogP contribution in [-0.4, -0.2) is 55.8 Å². The highest BCUT2D eigenvalue weighted by atomic mass is 16.5. The van der Waals surface area contributed by atoms with Crippen LogP contribution in [0.4, 0.5) is 5.82 Å². The molecule has 0 radical (unpaired) electrons. The van der Waals surface area contributed by atoms with Gasteiger partial charge in [0.05, 0.1) is 13.2 Å². The van der Waals surface area contributed by atoms with E-state index in [0.29, 0.717) is 25.5 Å². The van der Waals surface area contributed by atoms with Crippen LogP contribution in [0.5, 0.6) is 5.75 Å². The Labute approximate surface area is 182 Å². The summed E-state index contributed by atoms with van der Waals surface area (Å²) in [4.78, 5) is 31.6. The fraction of sp³-hybridized carbons (Fsp3) is 0.435. The van der Waals surface area contributed by atoms with Crippen molar-refractivity contribution >= 4 is 17.6 Å². The van der Waals surface area contributed by atoms with Crippen molar-refractivity contribution < 1.29 is 19.1 Å². The summed E-state index contributed by atoms with van der Waals surface area (Å²) in [5.41, 5.74) is 0.950. The van der Waals surface area contributed by atoms with Gasteiger partial charge in [-0.05, 0) is 35.7 Å². The fourth-order valence-corrected chi connectivity index (χ4v) is 3.25. The van der Waals surface area contributed by atoms with Crippen molar-refractivity contribution in [2.75, 3.05) is 37.8 Å². The van der Waals surface area contributed by atoms with E-state index in [1.165, 1.54) is 0 Å². The number of carbonyl (C=O) groups excluding carboxylic acids is 2. The third-order valence-electron chi connectivity index (χ3n) is 4.99. The molecule has 166 valence electrons. The van der Waals surface area contributed by atoms with Crippen LogP contribution in [0.1, 0.15) is 19.4 Å². The van der Waals surface area contributed by atoms with Gasteiger partial charge in [0, 0.05) is 25.8 Å². The Bertz CT molecular complexity index is 854. The van der Waals surface area contributed by atoms with E-state index in [9.17, 15) is 9.59 Å². The number of carbonyl (C=O) groups is 2. The minimum atomic E-state index is -0.646. The van der Waals surface area contributed by atoms with Gasteiger partial charge in [-0.3, -0.25) is 9.59 Å². The molecule has 8 nitrogen and oxygen atoms in total. The van der Waals surface area contributed by atoms with Crippen LogP contribution < -0.4 is 20.3 Å². The van der Waals surface area contributed by atoms with Crippen molar-refractivity contribution in [1.29, 1.82) is 0 Å². The lowest BCUT2D eigenvalue weighted by molar-refractivity contribution is -0.131. The zero-order valence-electron chi connectivity index (χ0n) is 18.0. The van der Waals surface area contributed by atoms with Gasteiger partial charge in [-0.2, -0.15) is 0 Å². The third kappa shape index (κ3) is 6.96. The highest BCUT2D eigenvalue weighted by Gasteiger charge is 2.24. The molecule has 1 unspecified atom stereocenters. The molecule has 1 atom stereocenters. The summed E-state index contributed by atoms with van der Waals surface area (Å²) in [5, 5.41) is 5.70. The smallest absolute Gasteiger partial charge is 0.258 e. The van der Waals surface area contributed by atoms with Crippen LogP contribution in [0, 0.1) is 5.92 Å². The first-order valence-electron chi connectivity index (χ1n) is 10.6. The number of pyridine rings is 1. The quantitative estimate of drug-likeness (QED) is 0.635. The normalized spacial score (nSPS) is 14.7. The summed E-state index contributed by atoms with van der Waals surface area (Å²) < 4.78 is 10.8. The largest absolute Gasteiger partial charge is 0.484 e. The molecule has 2 amide bonds. The van der Waals surface area contributed by atoms with Crippen LogP contribution in [0.15, 0.2) is 48.7 Å².